The van der Waals surface area contributed by atoms with Gasteiger partial charge >= 0.3 is 5.97 Å². The molecule has 0 saturated carbocycles. The number of halogens is 2. The Morgan fingerprint density at radius 3 is 2.40 bits per heavy atom. The van der Waals surface area contributed by atoms with Crippen molar-refractivity contribution in [3.05, 3.63) is 71.3 Å². The van der Waals surface area contributed by atoms with Gasteiger partial charge in [-0.25, -0.2) is 8.78 Å². The van der Waals surface area contributed by atoms with Gasteiger partial charge in [0.1, 0.15) is 11.6 Å². The van der Waals surface area contributed by atoms with Crippen LogP contribution in [0.1, 0.15) is 18.1 Å². The molecule has 2 aromatic carbocycles. The molecule has 1 atom stereocenters. The first kappa shape index (κ1) is 14.2. The van der Waals surface area contributed by atoms with Crippen molar-refractivity contribution in [2.45, 2.75) is 18.8 Å². The largest absolute Gasteiger partial charge is 0.481 e. The summed E-state index contributed by atoms with van der Waals surface area (Å²) in [6.45, 7) is 1.40. The zero-order chi connectivity index (χ0) is 14.8. The van der Waals surface area contributed by atoms with E-state index in [2.05, 4.69) is 0 Å². The van der Waals surface area contributed by atoms with Gasteiger partial charge in [-0.3, -0.25) is 4.79 Å². The summed E-state index contributed by atoms with van der Waals surface area (Å²) in [5.74, 6) is -2.56. The van der Waals surface area contributed by atoms with Crippen LogP contribution in [0.4, 0.5) is 8.78 Å². The number of rotatable bonds is 4. The maximum atomic E-state index is 13.9. The number of hydrogen-bond acceptors (Lipinski definition) is 1. The third-order valence-corrected chi connectivity index (χ3v) is 3.40. The molecule has 0 aliphatic heterocycles. The van der Waals surface area contributed by atoms with E-state index in [1.807, 2.05) is 6.07 Å². The maximum Gasteiger partial charge on any atom is 0.314 e. The Morgan fingerprint density at radius 2 is 1.80 bits per heavy atom. The number of hydrogen-bond donors (Lipinski definition) is 1. The number of carboxylic acid groups (broad SMARTS) is 1. The molecule has 2 nitrogen and oxygen atoms in total. The first-order chi connectivity index (χ1) is 9.43. The molecule has 0 aromatic heterocycles. The fourth-order valence-electron chi connectivity index (χ4n) is 2.21. The van der Waals surface area contributed by atoms with Crippen LogP contribution < -0.4 is 0 Å². The number of carboxylic acids is 1. The lowest BCUT2D eigenvalue weighted by atomic mass is 9.77. The van der Waals surface area contributed by atoms with E-state index in [4.69, 9.17) is 0 Å². The van der Waals surface area contributed by atoms with Crippen molar-refractivity contribution < 1.29 is 18.7 Å². The van der Waals surface area contributed by atoms with Gasteiger partial charge in [0, 0.05) is 5.56 Å². The van der Waals surface area contributed by atoms with Crippen LogP contribution in [0.3, 0.4) is 0 Å². The molecule has 0 aliphatic carbocycles. The lowest BCUT2D eigenvalue weighted by Crippen LogP contribution is -2.36. The van der Waals surface area contributed by atoms with Crippen molar-refractivity contribution in [1.82, 2.24) is 0 Å². The normalized spacial score (nSPS) is 13.8. The summed E-state index contributed by atoms with van der Waals surface area (Å²) in [6, 6.07) is 11.8. The summed E-state index contributed by atoms with van der Waals surface area (Å²) < 4.78 is 27.2. The van der Waals surface area contributed by atoms with Gasteiger partial charge in [-0.1, -0.05) is 30.3 Å². The van der Waals surface area contributed by atoms with Crippen LogP contribution in [0.25, 0.3) is 0 Å². The van der Waals surface area contributed by atoms with Gasteiger partial charge in [-0.05, 0) is 37.1 Å². The number of benzene rings is 2. The van der Waals surface area contributed by atoms with Gasteiger partial charge in [0.05, 0.1) is 5.41 Å². The molecule has 2 aromatic rings. The van der Waals surface area contributed by atoms with E-state index >= 15 is 0 Å². The number of carbonyl (C=O) groups is 1. The molecule has 0 spiro atoms. The highest BCUT2D eigenvalue weighted by atomic mass is 19.1. The van der Waals surface area contributed by atoms with Crippen LogP contribution in [0.15, 0.2) is 48.5 Å². The molecule has 0 bridgehead atoms. The van der Waals surface area contributed by atoms with Gasteiger partial charge < -0.3 is 5.11 Å². The Labute approximate surface area is 115 Å². The van der Waals surface area contributed by atoms with Gasteiger partial charge in [-0.15, -0.1) is 0 Å². The van der Waals surface area contributed by atoms with E-state index in [1.165, 1.54) is 6.92 Å². The summed E-state index contributed by atoms with van der Waals surface area (Å²) in [7, 11) is 0. The van der Waals surface area contributed by atoms with Gasteiger partial charge in [-0.2, -0.15) is 0 Å². The first-order valence-electron chi connectivity index (χ1n) is 6.16. The molecule has 20 heavy (non-hydrogen) atoms. The van der Waals surface area contributed by atoms with Crippen LogP contribution in [0.5, 0.6) is 0 Å². The van der Waals surface area contributed by atoms with Crippen molar-refractivity contribution in [1.29, 1.82) is 0 Å². The molecule has 2 rings (SSSR count). The topological polar surface area (TPSA) is 37.3 Å². The molecule has 0 heterocycles. The van der Waals surface area contributed by atoms with Crippen molar-refractivity contribution in [2.75, 3.05) is 0 Å². The third-order valence-electron chi connectivity index (χ3n) is 3.40. The molecule has 1 N–H and O–H groups in total. The molecule has 1 unspecified atom stereocenters. The smallest absolute Gasteiger partial charge is 0.314 e. The van der Waals surface area contributed by atoms with Crippen molar-refractivity contribution >= 4 is 5.97 Å². The Morgan fingerprint density at radius 1 is 1.15 bits per heavy atom. The summed E-state index contributed by atoms with van der Waals surface area (Å²) >= 11 is 0. The van der Waals surface area contributed by atoms with Gasteiger partial charge in [0.15, 0.2) is 0 Å². The standard InChI is InChI=1S/C16H14F2O2/c1-16(15(19)20,10-11-5-3-2-4-6-11)13-9-12(17)7-8-14(13)18/h2-9H,10H2,1H3,(H,19,20). The van der Waals surface area contributed by atoms with Crippen LogP contribution in [0, 0.1) is 11.6 Å². The highest BCUT2D eigenvalue weighted by Gasteiger charge is 2.38. The molecule has 0 aliphatic rings. The van der Waals surface area contributed by atoms with E-state index < -0.39 is 23.0 Å². The molecule has 0 amide bonds. The quantitative estimate of drug-likeness (QED) is 0.927. The number of aliphatic carboxylic acids is 1. The molecule has 0 saturated heterocycles. The van der Waals surface area contributed by atoms with Crippen molar-refractivity contribution in [3.8, 4) is 0 Å². The minimum absolute atomic E-state index is 0.0869. The van der Waals surface area contributed by atoms with Crippen LogP contribution in [0.2, 0.25) is 0 Å². The highest BCUT2D eigenvalue weighted by molar-refractivity contribution is 5.81. The molecular weight excluding hydrogens is 262 g/mol. The monoisotopic (exact) mass is 276 g/mol. The molecule has 0 fully saturated rings. The maximum absolute atomic E-state index is 13.9. The van der Waals surface area contributed by atoms with Gasteiger partial charge in [0.2, 0.25) is 0 Å². The summed E-state index contributed by atoms with van der Waals surface area (Å²) in [4.78, 5) is 11.6. The lowest BCUT2D eigenvalue weighted by Gasteiger charge is -2.26. The van der Waals surface area contributed by atoms with E-state index in [1.54, 1.807) is 24.3 Å². The van der Waals surface area contributed by atoms with E-state index in [9.17, 15) is 18.7 Å². The second-order valence-electron chi connectivity index (χ2n) is 4.92. The van der Waals surface area contributed by atoms with E-state index in [0.29, 0.717) is 0 Å². The predicted molar refractivity (Wildman–Crippen MR) is 71.5 cm³/mol. The minimum atomic E-state index is -1.52. The fourth-order valence-corrected chi connectivity index (χ4v) is 2.21. The summed E-state index contributed by atoms with van der Waals surface area (Å²) in [5, 5.41) is 9.47. The Balaban J connectivity index is 2.49. The fraction of sp³-hybridized carbons (Fsp3) is 0.188. The average molecular weight is 276 g/mol. The summed E-state index contributed by atoms with van der Waals surface area (Å²) in [6.07, 6.45) is 0.0869. The highest BCUT2D eigenvalue weighted by Crippen LogP contribution is 2.31. The molecule has 0 radical (unpaired) electrons. The minimum Gasteiger partial charge on any atom is -0.481 e. The Kier molecular flexibility index (Phi) is 3.84. The van der Waals surface area contributed by atoms with Crippen LogP contribution in [-0.2, 0) is 16.6 Å². The second kappa shape index (κ2) is 5.41. The SMILES string of the molecule is CC(Cc1ccccc1)(C(=O)O)c1cc(F)ccc1F. The van der Waals surface area contributed by atoms with Crippen LogP contribution >= 0.6 is 0 Å². The van der Waals surface area contributed by atoms with Crippen molar-refractivity contribution in [3.63, 3.8) is 0 Å². The Bertz CT molecular complexity index is 626. The lowest BCUT2D eigenvalue weighted by molar-refractivity contribution is -0.143. The van der Waals surface area contributed by atoms with E-state index in [0.717, 1.165) is 23.8 Å². The Hall–Kier alpha value is -2.23. The molecule has 4 heteroatoms. The third kappa shape index (κ3) is 2.69. The zero-order valence-electron chi connectivity index (χ0n) is 10.9. The average Bonchev–Trinajstić information content (AvgIpc) is 2.42. The second-order valence-corrected chi connectivity index (χ2v) is 4.92. The van der Waals surface area contributed by atoms with E-state index in [-0.39, 0.29) is 12.0 Å². The first-order valence-corrected chi connectivity index (χ1v) is 6.16. The van der Waals surface area contributed by atoms with Crippen molar-refractivity contribution in [2.24, 2.45) is 0 Å². The predicted octanol–water partition coefficient (Wildman–Crippen LogP) is 3.55. The zero-order valence-corrected chi connectivity index (χ0v) is 10.9. The summed E-state index contributed by atoms with van der Waals surface area (Å²) in [5.41, 5.74) is -0.914. The van der Waals surface area contributed by atoms with Crippen LogP contribution in [-0.4, -0.2) is 11.1 Å². The van der Waals surface area contributed by atoms with Gasteiger partial charge in [0.25, 0.3) is 0 Å². The molecule has 104 valence electrons. The molecular formula is C16H14F2O2.